The van der Waals surface area contributed by atoms with Crippen molar-refractivity contribution in [3.8, 4) is 0 Å². The Labute approximate surface area is 122 Å². The number of methoxy groups -OCH3 is 1. The second-order valence-corrected chi connectivity index (χ2v) is 4.39. The summed E-state index contributed by atoms with van der Waals surface area (Å²) in [6, 6.07) is -0.759. The molecule has 7 nitrogen and oxygen atoms in total. The highest BCUT2D eigenvalue weighted by molar-refractivity contribution is 6.04. The Hall–Kier alpha value is -2.57. The molecule has 0 aromatic carbocycles. The Morgan fingerprint density at radius 1 is 1.48 bits per heavy atom. The van der Waals surface area contributed by atoms with Gasteiger partial charge in [-0.25, -0.2) is 0 Å². The SMILES string of the molecule is C\C=C/C=C(N)\C(=C/OC)C(=O)NC1CCC(=O)NC1=O. The fourth-order valence-corrected chi connectivity index (χ4v) is 1.73. The molecule has 7 heteroatoms. The van der Waals surface area contributed by atoms with Crippen LogP contribution in [0, 0.1) is 0 Å². The molecule has 1 atom stereocenters. The highest BCUT2D eigenvalue weighted by Gasteiger charge is 2.29. The molecule has 1 unspecified atom stereocenters. The topological polar surface area (TPSA) is 111 Å². The Morgan fingerprint density at radius 3 is 2.76 bits per heavy atom. The van der Waals surface area contributed by atoms with Crippen LogP contribution < -0.4 is 16.4 Å². The molecular weight excluding hydrogens is 274 g/mol. The van der Waals surface area contributed by atoms with Crippen LogP contribution in [-0.4, -0.2) is 30.9 Å². The molecule has 3 amide bonds. The lowest BCUT2D eigenvalue weighted by Gasteiger charge is -2.22. The summed E-state index contributed by atoms with van der Waals surface area (Å²) >= 11 is 0. The Bertz CT molecular complexity index is 520. The van der Waals surface area contributed by atoms with Crippen LogP contribution in [0.4, 0.5) is 0 Å². The van der Waals surface area contributed by atoms with Gasteiger partial charge < -0.3 is 15.8 Å². The third-order valence-corrected chi connectivity index (χ3v) is 2.80. The molecule has 0 aliphatic carbocycles. The smallest absolute Gasteiger partial charge is 0.257 e. The predicted molar refractivity (Wildman–Crippen MR) is 76.5 cm³/mol. The minimum absolute atomic E-state index is 0.111. The lowest BCUT2D eigenvalue weighted by Crippen LogP contribution is -2.52. The van der Waals surface area contributed by atoms with E-state index in [-0.39, 0.29) is 30.0 Å². The molecule has 4 N–H and O–H groups in total. The third kappa shape index (κ3) is 4.79. The molecule has 1 aliphatic rings. The molecule has 0 aromatic heterocycles. The van der Waals surface area contributed by atoms with Crippen molar-refractivity contribution in [3.63, 3.8) is 0 Å². The Balaban J connectivity index is 2.81. The first kappa shape index (κ1) is 16.5. The van der Waals surface area contributed by atoms with Gasteiger partial charge in [0.1, 0.15) is 6.04 Å². The molecule has 21 heavy (non-hydrogen) atoms. The van der Waals surface area contributed by atoms with Gasteiger partial charge in [-0.1, -0.05) is 12.2 Å². The maximum absolute atomic E-state index is 12.2. The summed E-state index contributed by atoms with van der Waals surface area (Å²) in [4.78, 5) is 34.8. The molecule has 0 spiro atoms. The summed E-state index contributed by atoms with van der Waals surface area (Å²) in [7, 11) is 1.39. The van der Waals surface area contributed by atoms with E-state index in [4.69, 9.17) is 10.5 Å². The minimum atomic E-state index is -0.759. The van der Waals surface area contributed by atoms with Crippen molar-refractivity contribution in [2.75, 3.05) is 7.11 Å². The van der Waals surface area contributed by atoms with Gasteiger partial charge in [0.15, 0.2) is 0 Å². The largest absolute Gasteiger partial charge is 0.503 e. The van der Waals surface area contributed by atoms with E-state index >= 15 is 0 Å². The van der Waals surface area contributed by atoms with Crippen molar-refractivity contribution < 1.29 is 19.1 Å². The lowest BCUT2D eigenvalue weighted by molar-refractivity contribution is -0.136. The van der Waals surface area contributed by atoms with Crippen LogP contribution in [0.3, 0.4) is 0 Å². The molecule has 1 aliphatic heterocycles. The number of carbonyl (C=O) groups excluding carboxylic acids is 3. The van der Waals surface area contributed by atoms with Crippen LogP contribution >= 0.6 is 0 Å². The Morgan fingerprint density at radius 2 is 2.19 bits per heavy atom. The quantitative estimate of drug-likeness (QED) is 0.283. The monoisotopic (exact) mass is 293 g/mol. The van der Waals surface area contributed by atoms with Gasteiger partial charge in [-0.05, 0) is 19.4 Å². The minimum Gasteiger partial charge on any atom is -0.503 e. The number of nitrogens with two attached hydrogens (primary N) is 1. The summed E-state index contributed by atoms with van der Waals surface area (Å²) in [6.07, 6.45) is 6.64. The number of carbonyl (C=O) groups is 3. The molecule has 0 aromatic rings. The number of nitrogens with one attached hydrogen (secondary N) is 2. The number of amides is 3. The van der Waals surface area contributed by atoms with Crippen LogP contribution in [0.1, 0.15) is 19.8 Å². The summed E-state index contributed by atoms with van der Waals surface area (Å²) in [5.41, 5.74) is 6.12. The van der Waals surface area contributed by atoms with Crippen LogP contribution in [0.5, 0.6) is 0 Å². The number of piperidine rings is 1. The normalized spacial score (nSPS) is 20.4. The van der Waals surface area contributed by atoms with Crippen LogP contribution in [0.15, 0.2) is 35.8 Å². The fourth-order valence-electron chi connectivity index (χ4n) is 1.73. The highest BCUT2D eigenvalue weighted by Crippen LogP contribution is 2.09. The van der Waals surface area contributed by atoms with Gasteiger partial charge >= 0.3 is 0 Å². The second kappa shape index (κ2) is 7.88. The molecular formula is C14H19N3O4. The van der Waals surface area contributed by atoms with Crippen LogP contribution in [0.25, 0.3) is 0 Å². The molecule has 0 radical (unpaired) electrons. The zero-order valence-corrected chi connectivity index (χ0v) is 12.0. The predicted octanol–water partition coefficient (Wildman–Crippen LogP) is -0.143. The van der Waals surface area contributed by atoms with Crippen LogP contribution in [-0.2, 0) is 19.1 Å². The summed E-state index contributed by atoms with van der Waals surface area (Å²) < 4.78 is 4.84. The summed E-state index contributed by atoms with van der Waals surface area (Å²) in [6.45, 7) is 1.81. The van der Waals surface area contributed by atoms with E-state index in [9.17, 15) is 14.4 Å². The van der Waals surface area contributed by atoms with E-state index in [1.54, 1.807) is 18.2 Å². The fraction of sp³-hybridized carbons (Fsp3) is 0.357. The lowest BCUT2D eigenvalue weighted by atomic mass is 10.1. The van der Waals surface area contributed by atoms with Crippen LogP contribution in [0.2, 0.25) is 0 Å². The number of ether oxygens (including phenoxy) is 1. The van der Waals surface area contributed by atoms with Gasteiger partial charge in [0.05, 0.1) is 18.9 Å². The molecule has 1 saturated heterocycles. The third-order valence-electron chi connectivity index (χ3n) is 2.80. The number of hydrogen-bond acceptors (Lipinski definition) is 5. The maximum atomic E-state index is 12.2. The molecule has 114 valence electrons. The van der Waals surface area contributed by atoms with Crippen molar-refractivity contribution in [2.24, 2.45) is 5.73 Å². The second-order valence-electron chi connectivity index (χ2n) is 4.39. The zero-order chi connectivity index (χ0) is 15.8. The first-order valence-electron chi connectivity index (χ1n) is 6.46. The van der Waals surface area contributed by atoms with Gasteiger partial charge in [0.25, 0.3) is 5.91 Å². The van der Waals surface area contributed by atoms with Crippen molar-refractivity contribution >= 4 is 17.7 Å². The summed E-state index contributed by atoms with van der Waals surface area (Å²) in [5, 5.41) is 4.70. The maximum Gasteiger partial charge on any atom is 0.257 e. The van der Waals surface area contributed by atoms with Crippen molar-refractivity contribution in [1.82, 2.24) is 10.6 Å². The summed E-state index contributed by atoms with van der Waals surface area (Å²) in [5.74, 6) is -1.40. The number of hydrogen-bond donors (Lipinski definition) is 3. The van der Waals surface area contributed by atoms with Gasteiger partial charge in [-0.15, -0.1) is 0 Å². The average molecular weight is 293 g/mol. The Kier molecular flexibility index (Phi) is 6.19. The van der Waals surface area contributed by atoms with E-state index in [0.29, 0.717) is 0 Å². The van der Waals surface area contributed by atoms with E-state index in [1.807, 2.05) is 6.92 Å². The number of rotatable bonds is 5. The molecule has 0 bridgehead atoms. The standard InChI is InChI=1S/C14H19N3O4/c1-3-4-5-10(15)9(8-21-2)13(19)16-11-6-7-12(18)17-14(11)20/h3-5,8,11H,6-7,15H2,1-2H3,(H,16,19)(H,17,18,20)/b4-3-,9-8+,10-5+. The van der Waals surface area contributed by atoms with Crippen molar-refractivity contribution in [1.29, 1.82) is 0 Å². The molecule has 1 fully saturated rings. The van der Waals surface area contributed by atoms with Gasteiger partial charge in [0, 0.05) is 12.1 Å². The van der Waals surface area contributed by atoms with Gasteiger partial charge in [-0.3, -0.25) is 19.7 Å². The molecule has 1 rings (SSSR count). The molecule has 1 heterocycles. The first-order chi connectivity index (χ1) is 9.99. The highest BCUT2D eigenvalue weighted by atomic mass is 16.5. The first-order valence-corrected chi connectivity index (χ1v) is 6.46. The molecule has 0 saturated carbocycles. The van der Waals surface area contributed by atoms with Crippen molar-refractivity contribution in [3.05, 3.63) is 35.8 Å². The number of imide groups is 1. The van der Waals surface area contributed by atoms with Gasteiger partial charge in [0.2, 0.25) is 11.8 Å². The average Bonchev–Trinajstić information content (AvgIpc) is 2.45. The van der Waals surface area contributed by atoms with Gasteiger partial charge in [-0.2, -0.15) is 0 Å². The van der Waals surface area contributed by atoms with E-state index in [1.165, 1.54) is 13.4 Å². The van der Waals surface area contributed by atoms with Crippen molar-refractivity contribution in [2.45, 2.75) is 25.8 Å². The van der Waals surface area contributed by atoms with E-state index in [2.05, 4.69) is 10.6 Å². The number of allylic oxidation sites excluding steroid dienone is 3. The van der Waals surface area contributed by atoms with E-state index < -0.39 is 17.9 Å². The van der Waals surface area contributed by atoms with E-state index in [0.717, 1.165) is 0 Å². The zero-order valence-electron chi connectivity index (χ0n) is 12.0.